The predicted molar refractivity (Wildman–Crippen MR) is 151 cm³/mol. The maximum atomic E-state index is 14.2. The highest BCUT2D eigenvalue weighted by Crippen LogP contribution is 2.77. The summed E-state index contributed by atoms with van der Waals surface area (Å²) < 4.78 is 24.2. The molecule has 0 saturated heterocycles. The van der Waals surface area contributed by atoms with Crippen molar-refractivity contribution in [1.82, 2.24) is 0 Å². The average Bonchev–Trinajstić information content (AvgIpc) is 3.34. The van der Waals surface area contributed by atoms with Crippen LogP contribution in [-0.4, -0.2) is 64.3 Å². The number of carbonyl (C=O) groups is 5. The van der Waals surface area contributed by atoms with E-state index in [9.17, 15) is 29.1 Å². The van der Waals surface area contributed by atoms with Crippen molar-refractivity contribution in [3.8, 4) is 0 Å². The van der Waals surface area contributed by atoms with Crippen LogP contribution in [0, 0.1) is 34.0 Å². The van der Waals surface area contributed by atoms with Gasteiger partial charge in [-0.1, -0.05) is 52.8 Å². The second kappa shape index (κ2) is 9.87. The molecule has 5 rings (SSSR count). The van der Waals surface area contributed by atoms with Crippen molar-refractivity contribution in [2.24, 2.45) is 34.0 Å². The zero-order chi connectivity index (χ0) is 31.9. The van der Waals surface area contributed by atoms with Crippen LogP contribution in [-0.2, 0) is 38.1 Å². The van der Waals surface area contributed by atoms with Gasteiger partial charge in [-0.25, -0.2) is 4.79 Å². The van der Waals surface area contributed by atoms with Crippen LogP contribution in [0.2, 0.25) is 0 Å². The molecule has 43 heavy (non-hydrogen) atoms. The van der Waals surface area contributed by atoms with Gasteiger partial charge in [-0.15, -0.1) is 0 Å². The van der Waals surface area contributed by atoms with E-state index in [-0.39, 0.29) is 18.6 Å². The molecule has 0 aliphatic heterocycles. The Labute approximate surface area is 251 Å². The number of hydrogen-bond acceptors (Lipinski definition) is 10. The van der Waals surface area contributed by atoms with Gasteiger partial charge in [0, 0.05) is 49.4 Å². The molecular weight excluding hydrogens is 556 g/mol. The topological polar surface area (TPSA) is 143 Å². The zero-order valence-corrected chi connectivity index (χ0v) is 26.1. The summed E-state index contributed by atoms with van der Waals surface area (Å²) in [6.45, 7) is 12.8. The van der Waals surface area contributed by atoms with Gasteiger partial charge in [0.15, 0.2) is 11.4 Å². The van der Waals surface area contributed by atoms with E-state index < -0.39 is 87.4 Å². The van der Waals surface area contributed by atoms with Gasteiger partial charge in [0.1, 0.15) is 23.9 Å². The lowest BCUT2D eigenvalue weighted by atomic mass is 9.47. The van der Waals surface area contributed by atoms with E-state index in [4.69, 9.17) is 18.9 Å². The van der Waals surface area contributed by atoms with Crippen molar-refractivity contribution in [3.05, 3.63) is 35.9 Å². The second-order valence-corrected chi connectivity index (χ2v) is 14.3. The van der Waals surface area contributed by atoms with E-state index >= 15 is 0 Å². The predicted octanol–water partition coefficient (Wildman–Crippen LogP) is 3.81. The van der Waals surface area contributed by atoms with Crippen LogP contribution >= 0.6 is 0 Å². The van der Waals surface area contributed by atoms with Crippen molar-refractivity contribution in [2.45, 2.75) is 104 Å². The van der Waals surface area contributed by atoms with Gasteiger partial charge < -0.3 is 24.1 Å². The fourth-order valence-electron chi connectivity index (χ4n) is 9.60. The molecule has 0 heterocycles. The monoisotopic (exact) mass is 598 g/mol. The minimum atomic E-state index is -1.82. The Morgan fingerprint density at radius 1 is 0.860 bits per heavy atom. The van der Waals surface area contributed by atoms with E-state index in [1.165, 1.54) is 20.8 Å². The molecule has 4 aliphatic rings. The first-order valence-electron chi connectivity index (χ1n) is 14.9. The summed E-state index contributed by atoms with van der Waals surface area (Å²) in [4.78, 5) is 65.6. The standard InChI is InChI=1S/C33H42O10/c1-17-14-32(39)23(24(17)42-26(37)21-12-10-9-11-13-21)25(40-18(2)34)30(7)16-33(43-20(4)36)22(15-29(5,6)27(33)38)31(30,8)28(32)41-19(3)35/h9-13,17,22-25,28,39H,14-16H2,1-8H3/t17-,22-,23+,24-,25+,28?,30-,31+,32+,33-/m0/s1. The first-order valence-corrected chi connectivity index (χ1v) is 14.9. The SMILES string of the molecule is CC(=O)OC1[C@@]2(C)[C@@H]3CC(C)(C)C(=O)[C@]3(OC(C)=O)C[C@@]2(C)[C@H](OC(C)=O)[C@H]2[C@@H](OC(=O)c3ccccc3)[C@@H](C)C[C@]12O. The van der Waals surface area contributed by atoms with E-state index in [2.05, 4.69) is 0 Å². The third kappa shape index (κ3) is 4.26. The maximum Gasteiger partial charge on any atom is 0.338 e. The molecule has 0 amide bonds. The molecule has 1 unspecified atom stereocenters. The fraction of sp³-hybridized carbons (Fsp3) is 0.667. The molecule has 0 spiro atoms. The Morgan fingerprint density at radius 2 is 1.47 bits per heavy atom. The maximum absolute atomic E-state index is 14.2. The van der Waals surface area contributed by atoms with E-state index in [0.717, 1.165) is 0 Å². The largest absolute Gasteiger partial charge is 0.461 e. The molecule has 234 valence electrons. The quantitative estimate of drug-likeness (QED) is 0.393. The van der Waals surface area contributed by atoms with Gasteiger partial charge in [-0.3, -0.25) is 19.2 Å². The first kappa shape index (κ1) is 31.2. The third-order valence-corrected chi connectivity index (χ3v) is 11.1. The average molecular weight is 599 g/mol. The Kier molecular flexibility index (Phi) is 7.16. The zero-order valence-electron chi connectivity index (χ0n) is 26.1. The van der Waals surface area contributed by atoms with Crippen LogP contribution in [0.25, 0.3) is 0 Å². The summed E-state index contributed by atoms with van der Waals surface area (Å²) in [5, 5.41) is 12.8. The highest BCUT2D eigenvalue weighted by molar-refractivity contribution is 5.97. The smallest absolute Gasteiger partial charge is 0.338 e. The van der Waals surface area contributed by atoms with Crippen molar-refractivity contribution in [3.63, 3.8) is 0 Å². The lowest BCUT2D eigenvalue weighted by molar-refractivity contribution is -0.284. The number of carbonyl (C=O) groups excluding carboxylic acids is 5. The number of Topliss-reactive ketones (excluding diaryl/α,β-unsaturated/α-hetero) is 1. The van der Waals surface area contributed by atoms with Crippen molar-refractivity contribution in [2.75, 3.05) is 0 Å². The number of hydrogen-bond donors (Lipinski definition) is 1. The fourth-order valence-corrected chi connectivity index (χ4v) is 9.60. The number of ketones is 1. The molecule has 10 heteroatoms. The van der Waals surface area contributed by atoms with Crippen LogP contribution in [0.15, 0.2) is 30.3 Å². The summed E-state index contributed by atoms with van der Waals surface area (Å²) in [6.07, 6.45) is -2.89. The summed E-state index contributed by atoms with van der Waals surface area (Å²) in [7, 11) is 0. The van der Waals surface area contributed by atoms with E-state index in [1.54, 1.807) is 44.2 Å². The van der Waals surface area contributed by atoms with Gasteiger partial charge in [-0.05, 0) is 30.9 Å². The Balaban J connectivity index is 1.73. The molecule has 0 radical (unpaired) electrons. The Hall–Kier alpha value is -3.27. The van der Waals surface area contributed by atoms with Gasteiger partial charge in [0.05, 0.1) is 11.5 Å². The highest BCUT2D eigenvalue weighted by atomic mass is 16.6. The van der Waals surface area contributed by atoms with Crippen molar-refractivity contribution < 1.29 is 48.0 Å². The van der Waals surface area contributed by atoms with Gasteiger partial charge in [0.2, 0.25) is 0 Å². The van der Waals surface area contributed by atoms with Gasteiger partial charge in [0.25, 0.3) is 0 Å². The van der Waals surface area contributed by atoms with Crippen LogP contribution in [0.1, 0.15) is 85.0 Å². The molecule has 0 bridgehead atoms. The summed E-state index contributed by atoms with van der Waals surface area (Å²) >= 11 is 0. The number of fused-ring (bicyclic) bond motifs is 4. The summed E-state index contributed by atoms with van der Waals surface area (Å²) in [5.41, 5.74) is -6.35. The molecule has 10 nitrogen and oxygen atoms in total. The number of benzene rings is 1. The molecule has 0 aromatic heterocycles. The van der Waals surface area contributed by atoms with Crippen LogP contribution < -0.4 is 0 Å². The minimum absolute atomic E-state index is 0.0287. The lowest BCUT2D eigenvalue weighted by Crippen LogP contribution is -2.72. The Morgan fingerprint density at radius 3 is 2.02 bits per heavy atom. The number of esters is 4. The molecular formula is C33H42O10. The van der Waals surface area contributed by atoms with Crippen molar-refractivity contribution >= 4 is 29.7 Å². The highest BCUT2D eigenvalue weighted by Gasteiger charge is 2.86. The molecule has 4 saturated carbocycles. The first-order chi connectivity index (χ1) is 19.8. The number of aliphatic hydroxyl groups is 1. The summed E-state index contributed by atoms with van der Waals surface area (Å²) in [5.74, 6) is -4.89. The van der Waals surface area contributed by atoms with E-state index in [1.807, 2.05) is 20.8 Å². The number of rotatable bonds is 5. The summed E-state index contributed by atoms with van der Waals surface area (Å²) in [6, 6.07) is 8.43. The number of ether oxygens (including phenoxy) is 4. The van der Waals surface area contributed by atoms with Gasteiger partial charge >= 0.3 is 23.9 Å². The molecule has 10 atom stereocenters. The third-order valence-electron chi connectivity index (χ3n) is 11.1. The molecule has 1 aromatic rings. The van der Waals surface area contributed by atoms with Crippen LogP contribution in [0.3, 0.4) is 0 Å². The Bertz CT molecular complexity index is 1370. The molecule has 4 fully saturated rings. The van der Waals surface area contributed by atoms with Gasteiger partial charge in [-0.2, -0.15) is 0 Å². The molecule has 1 aromatic carbocycles. The second-order valence-electron chi connectivity index (χ2n) is 14.3. The van der Waals surface area contributed by atoms with Crippen LogP contribution in [0.5, 0.6) is 0 Å². The molecule has 4 aliphatic carbocycles. The lowest BCUT2D eigenvalue weighted by Gasteiger charge is -2.62. The van der Waals surface area contributed by atoms with E-state index in [0.29, 0.717) is 12.0 Å². The van der Waals surface area contributed by atoms with Crippen molar-refractivity contribution in [1.29, 1.82) is 0 Å². The minimum Gasteiger partial charge on any atom is -0.461 e. The van der Waals surface area contributed by atoms with Crippen LogP contribution in [0.4, 0.5) is 0 Å². The molecule has 1 N–H and O–H groups in total. The normalized spacial score (nSPS) is 42.3.